The van der Waals surface area contributed by atoms with Gasteiger partial charge >= 0.3 is 0 Å². The number of benzene rings is 2. The maximum absolute atomic E-state index is 7.12. The third-order valence-corrected chi connectivity index (χ3v) is 2.91. The molecule has 0 saturated carbocycles. The monoisotopic (exact) mass is 284 g/mol. The predicted molar refractivity (Wildman–Crippen MR) is 79.7 cm³/mol. The van der Waals surface area contributed by atoms with E-state index in [1.165, 1.54) is 14.2 Å². The standard InChI is InChI=1S/C15H16N4O2/c1-10-4-6-11(7-5-10)18-19-13-9-14(20-2)12(17-16)8-15(13)21-3/h4-9,16H,1-3H3/b17-16?,19-18+. The Morgan fingerprint density at radius 3 is 2.00 bits per heavy atom. The first-order chi connectivity index (χ1) is 10.2. The number of nitrogens with zero attached hydrogens (tertiary/aromatic N) is 3. The summed E-state index contributed by atoms with van der Waals surface area (Å²) in [6, 6.07) is 10.9. The van der Waals surface area contributed by atoms with Gasteiger partial charge in [0.15, 0.2) is 0 Å². The molecule has 0 aliphatic heterocycles. The smallest absolute Gasteiger partial charge is 0.148 e. The molecular weight excluding hydrogens is 268 g/mol. The van der Waals surface area contributed by atoms with Crippen LogP contribution in [0, 0.1) is 12.5 Å². The number of hydrogen-bond acceptors (Lipinski definition) is 6. The average Bonchev–Trinajstić information content (AvgIpc) is 2.53. The summed E-state index contributed by atoms with van der Waals surface area (Å²) in [5, 5.41) is 11.7. The summed E-state index contributed by atoms with van der Waals surface area (Å²) < 4.78 is 10.4. The second-order valence-electron chi connectivity index (χ2n) is 4.34. The molecule has 0 fully saturated rings. The minimum atomic E-state index is 0.378. The van der Waals surface area contributed by atoms with E-state index in [4.69, 9.17) is 15.0 Å². The van der Waals surface area contributed by atoms with Crippen molar-refractivity contribution in [3.63, 3.8) is 0 Å². The fourth-order valence-corrected chi connectivity index (χ4v) is 1.75. The molecule has 0 amide bonds. The number of rotatable bonds is 5. The van der Waals surface area contributed by atoms with Crippen molar-refractivity contribution in [2.24, 2.45) is 15.3 Å². The first-order valence-electron chi connectivity index (χ1n) is 6.30. The van der Waals surface area contributed by atoms with Gasteiger partial charge in [0.25, 0.3) is 0 Å². The van der Waals surface area contributed by atoms with E-state index in [0.29, 0.717) is 22.9 Å². The van der Waals surface area contributed by atoms with Crippen molar-refractivity contribution in [3.8, 4) is 11.5 Å². The van der Waals surface area contributed by atoms with E-state index in [1.807, 2.05) is 31.2 Å². The maximum atomic E-state index is 7.12. The van der Waals surface area contributed by atoms with E-state index < -0.39 is 0 Å². The topological polar surface area (TPSA) is 79.4 Å². The molecular formula is C15H16N4O2. The highest BCUT2D eigenvalue weighted by Gasteiger charge is 2.10. The summed E-state index contributed by atoms with van der Waals surface area (Å²) >= 11 is 0. The van der Waals surface area contributed by atoms with E-state index in [1.54, 1.807) is 12.1 Å². The molecule has 0 saturated heterocycles. The summed E-state index contributed by atoms with van der Waals surface area (Å²) in [5.74, 6) is 0.932. The number of hydrogen-bond donors (Lipinski definition) is 1. The Kier molecular flexibility index (Phi) is 4.61. The van der Waals surface area contributed by atoms with Crippen LogP contribution >= 0.6 is 0 Å². The first-order valence-corrected chi connectivity index (χ1v) is 6.30. The molecule has 0 aromatic heterocycles. The Morgan fingerprint density at radius 1 is 0.857 bits per heavy atom. The molecule has 2 rings (SSSR count). The third-order valence-electron chi connectivity index (χ3n) is 2.91. The lowest BCUT2D eigenvalue weighted by Gasteiger charge is -2.08. The molecule has 1 N–H and O–H groups in total. The Morgan fingerprint density at radius 2 is 1.43 bits per heavy atom. The Bertz CT molecular complexity index is 666. The molecule has 0 spiro atoms. The minimum Gasteiger partial charge on any atom is -0.494 e. The van der Waals surface area contributed by atoms with E-state index in [9.17, 15) is 0 Å². The van der Waals surface area contributed by atoms with Crippen LogP contribution in [-0.2, 0) is 0 Å². The van der Waals surface area contributed by atoms with Gasteiger partial charge in [0.1, 0.15) is 22.9 Å². The van der Waals surface area contributed by atoms with E-state index in [0.717, 1.165) is 11.3 Å². The highest BCUT2D eigenvalue weighted by molar-refractivity contribution is 5.66. The Hall–Kier alpha value is -2.76. The van der Waals surface area contributed by atoms with Gasteiger partial charge in [0.05, 0.1) is 19.9 Å². The molecule has 0 aliphatic carbocycles. The van der Waals surface area contributed by atoms with Crippen LogP contribution in [0.5, 0.6) is 11.5 Å². The Balaban J connectivity index is 2.38. The van der Waals surface area contributed by atoms with Crippen LogP contribution in [0.4, 0.5) is 17.1 Å². The molecule has 0 unspecified atom stereocenters. The molecule has 0 heterocycles. The zero-order valence-corrected chi connectivity index (χ0v) is 12.1. The number of azo groups is 1. The summed E-state index contributed by atoms with van der Waals surface area (Å²) in [5.41, 5.74) is 9.92. The molecule has 0 atom stereocenters. The molecule has 21 heavy (non-hydrogen) atoms. The largest absolute Gasteiger partial charge is 0.494 e. The predicted octanol–water partition coefficient (Wildman–Crippen LogP) is 5.09. The lowest BCUT2D eigenvalue weighted by molar-refractivity contribution is 0.405. The van der Waals surface area contributed by atoms with Crippen molar-refractivity contribution in [3.05, 3.63) is 42.0 Å². The number of nitrogens with one attached hydrogen (secondary N) is 1. The second kappa shape index (κ2) is 6.60. The number of aryl methyl sites for hydroxylation is 1. The van der Waals surface area contributed by atoms with Crippen molar-refractivity contribution >= 4 is 17.1 Å². The Labute approximate surface area is 122 Å². The second-order valence-corrected chi connectivity index (χ2v) is 4.34. The van der Waals surface area contributed by atoms with E-state index in [2.05, 4.69) is 15.3 Å². The summed E-state index contributed by atoms with van der Waals surface area (Å²) in [4.78, 5) is 0. The van der Waals surface area contributed by atoms with Crippen molar-refractivity contribution in [2.75, 3.05) is 14.2 Å². The van der Waals surface area contributed by atoms with Gasteiger partial charge in [0.2, 0.25) is 0 Å². The molecule has 2 aromatic carbocycles. The van der Waals surface area contributed by atoms with Gasteiger partial charge in [0, 0.05) is 12.1 Å². The first kappa shape index (κ1) is 14.6. The molecule has 2 aromatic rings. The van der Waals surface area contributed by atoms with Crippen LogP contribution in [0.3, 0.4) is 0 Å². The highest BCUT2D eigenvalue weighted by Crippen LogP contribution is 2.40. The maximum Gasteiger partial charge on any atom is 0.148 e. The van der Waals surface area contributed by atoms with Crippen LogP contribution in [-0.4, -0.2) is 14.2 Å². The lowest BCUT2D eigenvalue weighted by Crippen LogP contribution is -1.87. The van der Waals surface area contributed by atoms with Crippen LogP contribution in [0.25, 0.3) is 0 Å². The van der Waals surface area contributed by atoms with Crippen LogP contribution in [0.1, 0.15) is 5.56 Å². The average molecular weight is 284 g/mol. The van der Waals surface area contributed by atoms with Crippen molar-refractivity contribution in [1.82, 2.24) is 0 Å². The van der Waals surface area contributed by atoms with E-state index >= 15 is 0 Å². The quantitative estimate of drug-likeness (QED) is 0.776. The van der Waals surface area contributed by atoms with Crippen LogP contribution < -0.4 is 9.47 Å². The lowest BCUT2D eigenvalue weighted by atomic mass is 10.2. The van der Waals surface area contributed by atoms with Crippen molar-refractivity contribution in [2.45, 2.75) is 6.92 Å². The zero-order chi connectivity index (χ0) is 15.2. The van der Waals surface area contributed by atoms with Gasteiger partial charge in [-0.25, -0.2) is 5.53 Å². The van der Waals surface area contributed by atoms with Crippen molar-refractivity contribution < 1.29 is 9.47 Å². The number of ether oxygens (including phenoxy) is 2. The molecule has 0 aliphatic rings. The molecule has 6 nitrogen and oxygen atoms in total. The minimum absolute atomic E-state index is 0.378. The fraction of sp³-hybridized carbons (Fsp3) is 0.200. The van der Waals surface area contributed by atoms with Gasteiger partial charge in [-0.2, -0.15) is 10.2 Å². The van der Waals surface area contributed by atoms with Gasteiger partial charge < -0.3 is 9.47 Å². The van der Waals surface area contributed by atoms with Gasteiger partial charge in [-0.1, -0.05) is 17.7 Å². The molecule has 6 heteroatoms. The SMILES string of the molecule is COc1cc(/N=N/c2ccc(C)cc2)c(OC)cc1N=N. The molecule has 0 bridgehead atoms. The van der Waals surface area contributed by atoms with Gasteiger partial charge in [-0.05, 0) is 19.1 Å². The third kappa shape index (κ3) is 3.42. The summed E-state index contributed by atoms with van der Waals surface area (Å²) in [6.07, 6.45) is 0. The number of methoxy groups -OCH3 is 2. The normalized spacial score (nSPS) is 10.6. The highest BCUT2D eigenvalue weighted by atomic mass is 16.5. The zero-order valence-electron chi connectivity index (χ0n) is 12.1. The van der Waals surface area contributed by atoms with Crippen LogP contribution in [0.15, 0.2) is 51.7 Å². The molecule has 108 valence electrons. The summed E-state index contributed by atoms with van der Waals surface area (Å²) in [7, 11) is 3.04. The van der Waals surface area contributed by atoms with Crippen LogP contribution in [0.2, 0.25) is 0 Å². The summed E-state index contributed by atoms with van der Waals surface area (Å²) in [6.45, 7) is 2.01. The molecule has 0 radical (unpaired) electrons. The van der Waals surface area contributed by atoms with E-state index in [-0.39, 0.29) is 0 Å². The van der Waals surface area contributed by atoms with Gasteiger partial charge in [-0.15, -0.1) is 5.11 Å². The fourth-order valence-electron chi connectivity index (χ4n) is 1.75. The van der Waals surface area contributed by atoms with Gasteiger partial charge in [-0.3, -0.25) is 0 Å². The van der Waals surface area contributed by atoms with Crippen molar-refractivity contribution in [1.29, 1.82) is 5.53 Å².